The summed E-state index contributed by atoms with van der Waals surface area (Å²) in [6, 6.07) is 9.05. The Kier molecular flexibility index (Phi) is 3.53. The molecule has 1 aromatic heterocycles. The fraction of sp³-hybridized carbons (Fsp3) is 0.333. The highest BCUT2D eigenvalue weighted by Crippen LogP contribution is 2.23. The number of benzene rings is 1. The van der Waals surface area contributed by atoms with Gasteiger partial charge in [-0.25, -0.2) is 4.79 Å². The number of nitrogens with zero attached hydrogens (tertiary/aromatic N) is 1. The van der Waals surface area contributed by atoms with Gasteiger partial charge in [-0.3, -0.25) is 4.79 Å². The molecule has 0 bridgehead atoms. The third kappa shape index (κ3) is 2.27. The summed E-state index contributed by atoms with van der Waals surface area (Å²) in [4.78, 5) is 27.9. The van der Waals surface area contributed by atoms with E-state index < -0.39 is 11.5 Å². The van der Waals surface area contributed by atoms with Gasteiger partial charge in [-0.2, -0.15) is 0 Å². The Morgan fingerprint density at radius 1 is 1.35 bits per heavy atom. The van der Waals surface area contributed by atoms with Crippen LogP contribution < -0.4 is 10.5 Å². The molecule has 1 heterocycles. The number of H-pyrrole nitrogens is 1. The molecule has 5 nitrogen and oxygen atoms in total. The number of rotatable bonds is 4. The lowest BCUT2D eigenvalue weighted by Gasteiger charge is -2.35. The Labute approximate surface area is 116 Å². The first-order valence-corrected chi connectivity index (χ1v) is 6.51. The second-order valence-corrected chi connectivity index (χ2v) is 5.18. The second-order valence-electron chi connectivity index (χ2n) is 5.18. The minimum Gasteiger partial charge on any atom is -0.480 e. The molecule has 1 aromatic carbocycles. The fourth-order valence-corrected chi connectivity index (χ4v) is 2.32. The van der Waals surface area contributed by atoms with Crippen molar-refractivity contribution in [2.24, 2.45) is 0 Å². The minimum absolute atomic E-state index is 0.210. The molecule has 0 saturated carbocycles. The van der Waals surface area contributed by atoms with Crippen LogP contribution in [0, 0.1) is 0 Å². The number of hydrogen-bond acceptors (Lipinski definition) is 3. The molecule has 2 aromatic rings. The molecule has 2 N–H and O–H groups in total. The van der Waals surface area contributed by atoms with E-state index in [1.165, 1.54) is 0 Å². The molecule has 0 aliphatic rings. The van der Waals surface area contributed by atoms with Crippen molar-refractivity contribution in [2.45, 2.75) is 26.3 Å². The van der Waals surface area contributed by atoms with E-state index in [-0.39, 0.29) is 5.56 Å². The van der Waals surface area contributed by atoms with Crippen LogP contribution in [0.5, 0.6) is 0 Å². The Balaban J connectivity index is 2.62. The molecule has 2 rings (SSSR count). The van der Waals surface area contributed by atoms with Gasteiger partial charge in [-0.1, -0.05) is 18.2 Å². The normalized spacial score (nSPS) is 11.6. The van der Waals surface area contributed by atoms with Gasteiger partial charge in [-0.05, 0) is 38.3 Å². The smallest absolute Gasteiger partial charge is 0.328 e. The van der Waals surface area contributed by atoms with Crippen molar-refractivity contribution in [1.82, 2.24) is 4.98 Å². The van der Waals surface area contributed by atoms with Crippen LogP contribution in [0.2, 0.25) is 0 Å². The molecule has 0 saturated heterocycles. The van der Waals surface area contributed by atoms with Gasteiger partial charge in [0, 0.05) is 11.9 Å². The van der Waals surface area contributed by atoms with Crippen LogP contribution in [-0.4, -0.2) is 28.1 Å². The van der Waals surface area contributed by atoms with Crippen LogP contribution in [0.1, 0.15) is 20.8 Å². The number of aliphatic carboxylic acids is 1. The van der Waals surface area contributed by atoms with Gasteiger partial charge in [0.25, 0.3) is 5.56 Å². The molecule has 0 spiro atoms. The third-order valence-corrected chi connectivity index (χ3v) is 3.54. The van der Waals surface area contributed by atoms with Crippen molar-refractivity contribution >= 4 is 22.6 Å². The maximum absolute atomic E-state index is 12.1. The molecule has 0 amide bonds. The van der Waals surface area contributed by atoms with Crippen LogP contribution >= 0.6 is 0 Å². The number of fused-ring (bicyclic) bond motifs is 1. The average Bonchev–Trinajstić information content (AvgIpc) is 2.39. The molecule has 20 heavy (non-hydrogen) atoms. The Bertz CT molecular complexity index is 704. The van der Waals surface area contributed by atoms with Gasteiger partial charge >= 0.3 is 5.97 Å². The summed E-state index contributed by atoms with van der Waals surface area (Å²) < 4.78 is 0. The van der Waals surface area contributed by atoms with Crippen molar-refractivity contribution in [3.63, 3.8) is 0 Å². The number of carbonyl (C=O) groups is 1. The number of aromatic nitrogens is 1. The molecular formula is C15H18N2O3. The summed E-state index contributed by atoms with van der Waals surface area (Å²) in [6.07, 6.45) is 0. The molecule has 0 aliphatic heterocycles. The highest BCUT2D eigenvalue weighted by molar-refractivity contribution is 5.86. The lowest BCUT2D eigenvalue weighted by Crippen LogP contribution is -2.51. The lowest BCUT2D eigenvalue weighted by atomic mass is 10.0. The second kappa shape index (κ2) is 5.00. The van der Waals surface area contributed by atoms with Gasteiger partial charge < -0.3 is 15.0 Å². The van der Waals surface area contributed by atoms with Crippen LogP contribution in [0.4, 0.5) is 5.82 Å². The molecule has 0 fully saturated rings. The SMILES string of the molecule is CCN(c1cc2ccccc2c(=O)[nH]1)C(C)(C)C(=O)O. The number of carboxylic acid groups (broad SMARTS) is 1. The molecular weight excluding hydrogens is 256 g/mol. The van der Waals surface area contributed by atoms with E-state index in [9.17, 15) is 14.7 Å². The van der Waals surface area contributed by atoms with Crippen molar-refractivity contribution in [1.29, 1.82) is 0 Å². The number of likely N-dealkylation sites (N-methyl/N-ethyl adjacent to an activating group) is 1. The first kappa shape index (κ1) is 14.1. The molecule has 5 heteroatoms. The number of aromatic amines is 1. The van der Waals surface area contributed by atoms with Gasteiger partial charge in [-0.15, -0.1) is 0 Å². The van der Waals surface area contributed by atoms with Crippen LogP contribution in [0.3, 0.4) is 0 Å². The van der Waals surface area contributed by atoms with E-state index in [0.29, 0.717) is 17.7 Å². The summed E-state index contributed by atoms with van der Waals surface area (Å²) >= 11 is 0. The zero-order chi connectivity index (χ0) is 14.9. The van der Waals surface area contributed by atoms with Crippen LogP contribution in [0.15, 0.2) is 35.1 Å². The molecule has 106 valence electrons. The predicted molar refractivity (Wildman–Crippen MR) is 79.3 cm³/mol. The van der Waals surface area contributed by atoms with Crippen molar-refractivity contribution in [3.05, 3.63) is 40.7 Å². The predicted octanol–water partition coefficient (Wildman–Crippen LogP) is 2.22. The monoisotopic (exact) mass is 274 g/mol. The fourth-order valence-electron chi connectivity index (χ4n) is 2.32. The van der Waals surface area contributed by atoms with E-state index in [2.05, 4.69) is 4.98 Å². The van der Waals surface area contributed by atoms with E-state index in [1.54, 1.807) is 30.9 Å². The lowest BCUT2D eigenvalue weighted by molar-refractivity contribution is -0.142. The van der Waals surface area contributed by atoms with E-state index >= 15 is 0 Å². The average molecular weight is 274 g/mol. The maximum atomic E-state index is 12.1. The summed E-state index contributed by atoms with van der Waals surface area (Å²) in [5.41, 5.74) is -1.31. The highest BCUT2D eigenvalue weighted by atomic mass is 16.4. The standard InChI is InChI=1S/C15H18N2O3/c1-4-17(15(2,3)14(19)20)12-9-10-7-5-6-8-11(10)13(18)16-12/h5-9H,4H2,1-3H3,(H,16,18)(H,19,20). The first-order valence-electron chi connectivity index (χ1n) is 6.51. The number of carboxylic acids is 1. The summed E-state index contributed by atoms with van der Waals surface area (Å²) in [6.45, 7) is 5.57. The number of pyridine rings is 1. The van der Waals surface area contributed by atoms with Crippen molar-refractivity contribution in [2.75, 3.05) is 11.4 Å². The molecule has 0 unspecified atom stereocenters. The van der Waals surface area contributed by atoms with E-state index in [1.807, 2.05) is 25.1 Å². The minimum atomic E-state index is -1.10. The van der Waals surface area contributed by atoms with Gasteiger partial charge in [0.05, 0.1) is 0 Å². The quantitative estimate of drug-likeness (QED) is 0.896. The topological polar surface area (TPSA) is 73.4 Å². The third-order valence-electron chi connectivity index (χ3n) is 3.54. The number of nitrogens with one attached hydrogen (secondary N) is 1. The maximum Gasteiger partial charge on any atom is 0.328 e. The summed E-state index contributed by atoms with van der Waals surface area (Å²) in [5.74, 6) is -0.419. The number of hydrogen-bond donors (Lipinski definition) is 2. The first-order chi connectivity index (χ1) is 9.37. The Hall–Kier alpha value is -2.30. The number of anilines is 1. The Morgan fingerprint density at radius 2 is 2.00 bits per heavy atom. The van der Waals surface area contributed by atoms with Crippen LogP contribution in [-0.2, 0) is 4.79 Å². The van der Waals surface area contributed by atoms with E-state index in [0.717, 1.165) is 5.39 Å². The van der Waals surface area contributed by atoms with E-state index in [4.69, 9.17) is 0 Å². The summed E-state index contributed by atoms with van der Waals surface area (Å²) in [7, 11) is 0. The highest BCUT2D eigenvalue weighted by Gasteiger charge is 2.34. The largest absolute Gasteiger partial charge is 0.480 e. The zero-order valence-corrected chi connectivity index (χ0v) is 11.8. The van der Waals surface area contributed by atoms with Crippen molar-refractivity contribution in [3.8, 4) is 0 Å². The Morgan fingerprint density at radius 3 is 2.60 bits per heavy atom. The van der Waals surface area contributed by atoms with Gasteiger partial charge in [0.1, 0.15) is 11.4 Å². The molecule has 0 aliphatic carbocycles. The van der Waals surface area contributed by atoms with Gasteiger partial charge in [0.15, 0.2) is 0 Å². The molecule has 0 radical (unpaired) electrons. The van der Waals surface area contributed by atoms with Gasteiger partial charge in [0.2, 0.25) is 0 Å². The summed E-state index contributed by atoms with van der Waals surface area (Å²) in [5, 5.41) is 10.7. The molecule has 0 atom stereocenters. The zero-order valence-electron chi connectivity index (χ0n) is 11.8. The van der Waals surface area contributed by atoms with Crippen LogP contribution in [0.25, 0.3) is 10.8 Å². The van der Waals surface area contributed by atoms with Crippen molar-refractivity contribution < 1.29 is 9.90 Å².